The summed E-state index contributed by atoms with van der Waals surface area (Å²) in [5, 5.41) is 5.13. The van der Waals surface area contributed by atoms with Gasteiger partial charge in [0.05, 0.1) is 5.56 Å². The molecule has 0 radical (unpaired) electrons. The van der Waals surface area contributed by atoms with E-state index < -0.39 is 29.3 Å². The zero-order valence-corrected chi connectivity index (χ0v) is 12.1. The number of anilines is 1. The fourth-order valence-electron chi connectivity index (χ4n) is 1.82. The average molecular weight is 345 g/mol. The number of rotatable bonds is 5. The lowest BCUT2D eigenvalue weighted by Crippen LogP contribution is -2.29. The van der Waals surface area contributed by atoms with Crippen LogP contribution in [-0.4, -0.2) is 24.0 Å². The minimum absolute atomic E-state index is 0.0830. The van der Waals surface area contributed by atoms with Crippen LogP contribution >= 0.6 is 0 Å². The Kier molecular flexibility index (Phi) is 5.32. The van der Waals surface area contributed by atoms with Gasteiger partial charge in [0.25, 0.3) is 5.91 Å². The van der Waals surface area contributed by atoms with Crippen LogP contribution in [-0.2, 0) is 6.18 Å². The Morgan fingerprint density at radius 2 is 1.71 bits per heavy atom. The van der Waals surface area contributed by atoms with E-state index in [9.17, 15) is 26.7 Å². The number of nitrogens with one attached hydrogen (secondary N) is 2. The van der Waals surface area contributed by atoms with Gasteiger partial charge >= 0.3 is 6.18 Å². The van der Waals surface area contributed by atoms with Gasteiger partial charge in [0, 0.05) is 30.9 Å². The third kappa shape index (κ3) is 4.90. The van der Waals surface area contributed by atoms with Crippen LogP contribution in [0.15, 0.2) is 36.5 Å². The van der Waals surface area contributed by atoms with Crippen molar-refractivity contribution in [1.82, 2.24) is 10.3 Å². The molecule has 24 heavy (non-hydrogen) atoms. The molecule has 1 heterocycles. The summed E-state index contributed by atoms with van der Waals surface area (Å²) in [5.41, 5.74) is -1.03. The molecule has 0 spiro atoms. The van der Waals surface area contributed by atoms with Gasteiger partial charge in [0.1, 0.15) is 17.5 Å². The lowest BCUT2D eigenvalue weighted by atomic mass is 10.2. The van der Waals surface area contributed by atoms with Crippen LogP contribution in [0.25, 0.3) is 0 Å². The number of aromatic nitrogens is 1. The zero-order valence-electron chi connectivity index (χ0n) is 12.1. The summed E-state index contributed by atoms with van der Waals surface area (Å²) in [6, 6.07) is 4.47. The summed E-state index contributed by atoms with van der Waals surface area (Å²) < 4.78 is 63.1. The zero-order chi connectivity index (χ0) is 17.7. The van der Waals surface area contributed by atoms with Crippen molar-refractivity contribution in [3.05, 3.63) is 59.3 Å². The predicted octanol–water partition coefficient (Wildman–Crippen LogP) is 3.22. The van der Waals surface area contributed by atoms with Crippen LogP contribution in [0, 0.1) is 11.6 Å². The van der Waals surface area contributed by atoms with E-state index in [0.29, 0.717) is 12.3 Å². The molecule has 128 valence electrons. The second-order valence-corrected chi connectivity index (χ2v) is 4.77. The first-order valence-corrected chi connectivity index (χ1v) is 6.77. The first kappa shape index (κ1) is 17.6. The number of hydrogen-bond donors (Lipinski definition) is 2. The van der Waals surface area contributed by atoms with Gasteiger partial charge in [-0.25, -0.2) is 13.8 Å². The maximum atomic E-state index is 13.0. The minimum Gasteiger partial charge on any atom is -0.368 e. The van der Waals surface area contributed by atoms with Crippen LogP contribution < -0.4 is 10.6 Å². The first-order valence-electron chi connectivity index (χ1n) is 6.77. The van der Waals surface area contributed by atoms with Crippen LogP contribution in [0.1, 0.15) is 15.9 Å². The van der Waals surface area contributed by atoms with Crippen LogP contribution in [0.4, 0.5) is 27.8 Å². The van der Waals surface area contributed by atoms with E-state index >= 15 is 0 Å². The highest BCUT2D eigenvalue weighted by molar-refractivity contribution is 5.94. The SMILES string of the molecule is O=C(NCCNc1ccc(C(F)(F)F)cn1)c1cc(F)cc(F)c1. The number of amides is 1. The van der Waals surface area contributed by atoms with E-state index in [1.54, 1.807) is 0 Å². The summed E-state index contributed by atoms with van der Waals surface area (Å²) in [7, 11) is 0. The predicted molar refractivity (Wildman–Crippen MR) is 76.4 cm³/mol. The van der Waals surface area contributed by atoms with Gasteiger partial charge in [-0.1, -0.05) is 0 Å². The molecule has 0 unspecified atom stereocenters. The summed E-state index contributed by atoms with van der Waals surface area (Å²) in [6.07, 6.45) is -3.77. The van der Waals surface area contributed by atoms with Crippen molar-refractivity contribution in [1.29, 1.82) is 0 Å². The number of carbonyl (C=O) groups excluding carboxylic acids is 1. The highest BCUT2D eigenvalue weighted by Crippen LogP contribution is 2.28. The Balaban J connectivity index is 1.81. The molecule has 0 saturated carbocycles. The van der Waals surface area contributed by atoms with Gasteiger partial charge in [-0.15, -0.1) is 0 Å². The number of benzene rings is 1. The van der Waals surface area contributed by atoms with Crippen molar-refractivity contribution in [3.8, 4) is 0 Å². The third-order valence-electron chi connectivity index (χ3n) is 2.93. The van der Waals surface area contributed by atoms with E-state index in [-0.39, 0.29) is 24.5 Å². The van der Waals surface area contributed by atoms with E-state index in [1.165, 1.54) is 0 Å². The summed E-state index contributed by atoms with van der Waals surface area (Å²) >= 11 is 0. The van der Waals surface area contributed by atoms with Gasteiger partial charge in [0.15, 0.2) is 0 Å². The Morgan fingerprint density at radius 1 is 1.04 bits per heavy atom. The maximum Gasteiger partial charge on any atom is 0.417 e. The smallest absolute Gasteiger partial charge is 0.368 e. The molecule has 0 aliphatic rings. The van der Waals surface area contributed by atoms with E-state index in [4.69, 9.17) is 0 Å². The Morgan fingerprint density at radius 3 is 2.25 bits per heavy atom. The molecule has 2 aromatic rings. The summed E-state index contributed by atoms with van der Waals surface area (Å²) in [6.45, 7) is 0.252. The van der Waals surface area contributed by atoms with Crippen molar-refractivity contribution in [2.75, 3.05) is 18.4 Å². The fraction of sp³-hybridized carbons (Fsp3) is 0.200. The molecule has 1 amide bonds. The van der Waals surface area contributed by atoms with Gasteiger partial charge in [-0.05, 0) is 24.3 Å². The topological polar surface area (TPSA) is 54.0 Å². The molecule has 1 aromatic heterocycles. The number of nitrogens with zero attached hydrogens (tertiary/aromatic N) is 1. The van der Waals surface area contributed by atoms with Gasteiger partial charge in [0.2, 0.25) is 0 Å². The molecule has 0 bridgehead atoms. The van der Waals surface area contributed by atoms with Crippen molar-refractivity contribution in [2.24, 2.45) is 0 Å². The lowest BCUT2D eigenvalue weighted by Gasteiger charge is -2.09. The standard InChI is InChI=1S/C15H12F5N3O/c16-11-5-9(6-12(17)7-11)14(24)22-4-3-21-13-2-1-10(8-23-13)15(18,19)20/h1-2,5-8H,3-4H2,(H,21,23)(H,22,24). The minimum atomic E-state index is -4.46. The number of pyridine rings is 1. The van der Waals surface area contributed by atoms with Crippen molar-refractivity contribution in [3.63, 3.8) is 0 Å². The summed E-state index contributed by atoms with van der Waals surface area (Å²) in [4.78, 5) is 15.3. The third-order valence-corrected chi connectivity index (χ3v) is 2.93. The normalized spacial score (nSPS) is 11.2. The van der Waals surface area contributed by atoms with Gasteiger partial charge in [-0.2, -0.15) is 13.2 Å². The Bertz CT molecular complexity index is 696. The first-order chi connectivity index (χ1) is 11.3. The molecule has 2 N–H and O–H groups in total. The van der Waals surface area contributed by atoms with Gasteiger partial charge in [-0.3, -0.25) is 4.79 Å². The molecule has 0 fully saturated rings. The van der Waals surface area contributed by atoms with Gasteiger partial charge < -0.3 is 10.6 Å². The second-order valence-electron chi connectivity index (χ2n) is 4.77. The maximum absolute atomic E-state index is 13.0. The molecule has 4 nitrogen and oxygen atoms in total. The highest BCUT2D eigenvalue weighted by atomic mass is 19.4. The molecular weight excluding hydrogens is 333 g/mol. The molecular formula is C15H12F5N3O. The van der Waals surface area contributed by atoms with Crippen molar-refractivity contribution >= 4 is 11.7 Å². The van der Waals surface area contributed by atoms with E-state index in [2.05, 4.69) is 15.6 Å². The monoisotopic (exact) mass is 345 g/mol. The van der Waals surface area contributed by atoms with Crippen LogP contribution in [0.5, 0.6) is 0 Å². The van der Waals surface area contributed by atoms with E-state index in [1.807, 2.05) is 0 Å². The molecule has 0 saturated heterocycles. The number of halogens is 5. The Labute approximate surface area is 133 Å². The molecule has 9 heteroatoms. The van der Waals surface area contributed by atoms with Crippen molar-refractivity contribution in [2.45, 2.75) is 6.18 Å². The second kappa shape index (κ2) is 7.24. The fourth-order valence-corrected chi connectivity index (χ4v) is 1.82. The average Bonchev–Trinajstić information content (AvgIpc) is 2.50. The van der Waals surface area contributed by atoms with Crippen molar-refractivity contribution < 1.29 is 26.7 Å². The number of alkyl halides is 3. The molecule has 0 aliphatic carbocycles. The largest absolute Gasteiger partial charge is 0.417 e. The van der Waals surface area contributed by atoms with E-state index in [0.717, 1.165) is 24.3 Å². The summed E-state index contributed by atoms with van der Waals surface area (Å²) in [5.74, 6) is -2.20. The molecule has 1 aromatic carbocycles. The lowest BCUT2D eigenvalue weighted by molar-refractivity contribution is -0.137. The quantitative estimate of drug-likeness (QED) is 0.646. The Hall–Kier alpha value is -2.71. The van der Waals surface area contributed by atoms with Crippen LogP contribution in [0.2, 0.25) is 0 Å². The number of hydrogen-bond acceptors (Lipinski definition) is 3. The molecule has 2 rings (SSSR count). The molecule has 0 aliphatic heterocycles. The number of carbonyl (C=O) groups is 1. The van der Waals surface area contributed by atoms with Crippen LogP contribution in [0.3, 0.4) is 0 Å². The highest BCUT2D eigenvalue weighted by Gasteiger charge is 2.30. The molecule has 0 atom stereocenters.